The summed E-state index contributed by atoms with van der Waals surface area (Å²) in [5.41, 5.74) is -0.00480. The summed E-state index contributed by atoms with van der Waals surface area (Å²) in [4.78, 5) is 0. The maximum atomic E-state index is 13.6. The van der Waals surface area contributed by atoms with E-state index in [0.29, 0.717) is 25.0 Å². The van der Waals surface area contributed by atoms with Crippen molar-refractivity contribution in [2.24, 2.45) is 11.8 Å². The van der Waals surface area contributed by atoms with Gasteiger partial charge in [-0.3, -0.25) is 4.57 Å². The quantitative estimate of drug-likeness (QED) is 0.221. The fraction of sp³-hybridized carbons (Fsp3) is 1.00. The molecule has 0 spiro atoms. The first-order valence-corrected chi connectivity index (χ1v) is 13.0. The Balaban J connectivity index is 4.85. The van der Waals surface area contributed by atoms with Gasteiger partial charge in [0, 0.05) is 0 Å². The molecule has 0 bridgehead atoms. The van der Waals surface area contributed by atoms with Crippen molar-refractivity contribution >= 4 is 7.60 Å². The summed E-state index contributed by atoms with van der Waals surface area (Å²) >= 11 is 0. The van der Waals surface area contributed by atoms with Crippen molar-refractivity contribution in [1.29, 1.82) is 0 Å². The monoisotopic (exact) mass is 390 g/mol. The predicted octanol–water partition coefficient (Wildman–Crippen LogP) is 8.22. The highest BCUT2D eigenvalue weighted by atomic mass is 31.2. The molecule has 0 aromatic heterocycles. The van der Waals surface area contributed by atoms with E-state index >= 15 is 0 Å². The molecule has 0 aliphatic carbocycles. The topological polar surface area (TPSA) is 35.5 Å². The molecule has 0 rings (SSSR count). The van der Waals surface area contributed by atoms with Gasteiger partial charge in [-0.25, -0.2) is 0 Å². The van der Waals surface area contributed by atoms with Crippen LogP contribution in [0, 0.1) is 11.8 Å². The predicted molar refractivity (Wildman–Crippen MR) is 115 cm³/mol. The Morgan fingerprint density at radius 3 is 1.42 bits per heavy atom. The zero-order valence-corrected chi connectivity index (χ0v) is 19.5. The second-order valence-corrected chi connectivity index (χ2v) is 10.4. The van der Waals surface area contributed by atoms with E-state index in [1.54, 1.807) is 0 Å². The van der Waals surface area contributed by atoms with E-state index in [4.69, 9.17) is 9.05 Å². The highest BCUT2D eigenvalue weighted by molar-refractivity contribution is 7.54. The zero-order chi connectivity index (χ0) is 19.8. The number of unbranched alkanes of at least 4 members (excludes halogenated alkanes) is 3. The molecular formula is C22H47O3P. The number of hydrogen-bond acceptors (Lipinski definition) is 3. The molecule has 3 nitrogen and oxygen atoms in total. The smallest absolute Gasteiger partial charge is 0.308 e. The Bertz CT molecular complexity index is 335. The minimum absolute atomic E-state index is 0.00480. The largest absolute Gasteiger partial charge is 0.333 e. The van der Waals surface area contributed by atoms with Gasteiger partial charge in [-0.1, -0.05) is 92.9 Å². The van der Waals surface area contributed by atoms with E-state index in [2.05, 4.69) is 41.5 Å². The molecule has 158 valence electrons. The normalized spacial score (nSPS) is 17.6. The highest BCUT2D eigenvalue weighted by Crippen LogP contribution is 2.55. The maximum Gasteiger partial charge on any atom is 0.333 e. The first-order chi connectivity index (χ1) is 12.5. The van der Waals surface area contributed by atoms with Gasteiger partial charge < -0.3 is 9.05 Å². The van der Waals surface area contributed by atoms with Crippen LogP contribution in [0.2, 0.25) is 0 Å². The molecule has 0 N–H and O–H groups in total. The van der Waals surface area contributed by atoms with Crippen LogP contribution in [0.3, 0.4) is 0 Å². The van der Waals surface area contributed by atoms with Gasteiger partial charge in [0.1, 0.15) is 0 Å². The van der Waals surface area contributed by atoms with Crippen LogP contribution in [0.1, 0.15) is 112 Å². The van der Waals surface area contributed by atoms with E-state index in [1.165, 1.54) is 25.7 Å². The van der Waals surface area contributed by atoms with E-state index in [9.17, 15) is 4.57 Å². The Labute approximate surface area is 164 Å². The van der Waals surface area contributed by atoms with Gasteiger partial charge >= 0.3 is 7.60 Å². The second-order valence-electron chi connectivity index (χ2n) is 7.96. The number of hydrogen-bond donors (Lipinski definition) is 0. The van der Waals surface area contributed by atoms with Gasteiger partial charge in [0.25, 0.3) is 0 Å². The van der Waals surface area contributed by atoms with Crippen LogP contribution < -0.4 is 0 Å². The van der Waals surface area contributed by atoms with Crippen LogP contribution in [-0.2, 0) is 13.6 Å². The molecule has 0 saturated heterocycles. The maximum absolute atomic E-state index is 13.6. The third kappa shape index (κ3) is 11.1. The molecule has 3 unspecified atom stereocenters. The first kappa shape index (κ1) is 26.1. The van der Waals surface area contributed by atoms with Gasteiger partial charge in [0.05, 0.1) is 18.9 Å². The van der Waals surface area contributed by atoms with E-state index in [0.717, 1.165) is 44.9 Å². The van der Waals surface area contributed by atoms with Crippen LogP contribution in [0.4, 0.5) is 0 Å². The SMILES string of the molecule is CCCCC(CC)COP(=O)(OCC(CC)CCCC)C(C)CCCC. The molecule has 4 heteroatoms. The second kappa shape index (κ2) is 16.1. The molecule has 0 saturated carbocycles. The Kier molecular flexibility index (Phi) is 16.2. The summed E-state index contributed by atoms with van der Waals surface area (Å²) in [7, 11) is -3.04. The van der Waals surface area contributed by atoms with E-state index in [1.807, 2.05) is 0 Å². The van der Waals surface area contributed by atoms with Crippen molar-refractivity contribution in [1.82, 2.24) is 0 Å². The van der Waals surface area contributed by atoms with Crippen molar-refractivity contribution in [3.8, 4) is 0 Å². The molecule has 0 aromatic carbocycles. The lowest BCUT2D eigenvalue weighted by molar-refractivity contribution is 0.145. The Morgan fingerprint density at radius 1 is 0.692 bits per heavy atom. The Hall–Kier alpha value is 0.150. The Morgan fingerprint density at radius 2 is 1.08 bits per heavy atom. The standard InChI is InChI=1S/C22H47O3P/c1-7-12-15-20(6)26(23,24-18-21(10-4)16-13-8-2)25-19-22(11-5)17-14-9-3/h20-22H,7-19H2,1-6H3. The first-order valence-electron chi connectivity index (χ1n) is 11.4. The summed E-state index contributed by atoms with van der Waals surface area (Å²) in [6.07, 6.45) is 12.4. The highest BCUT2D eigenvalue weighted by Gasteiger charge is 2.33. The third-order valence-electron chi connectivity index (χ3n) is 5.58. The van der Waals surface area contributed by atoms with Gasteiger partial charge in [0.2, 0.25) is 0 Å². The lowest BCUT2D eigenvalue weighted by atomic mass is 10.0. The summed E-state index contributed by atoms with van der Waals surface area (Å²) in [6.45, 7) is 14.2. The lowest BCUT2D eigenvalue weighted by Gasteiger charge is -2.28. The molecule has 0 aliphatic heterocycles. The van der Waals surface area contributed by atoms with Crippen LogP contribution in [-0.4, -0.2) is 18.9 Å². The minimum Gasteiger partial charge on any atom is -0.308 e. The summed E-state index contributed by atoms with van der Waals surface area (Å²) in [5, 5.41) is 0. The van der Waals surface area contributed by atoms with Crippen molar-refractivity contribution in [2.45, 2.75) is 118 Å². The molecular weight excluding hydrogens is 343 g/mol. The van der Waals surface area contributed by atoms with E-state index in [-0.39, 0.29) is 5.66 Å². The molecule has 0 aromatic rings. The average Bonchev–Trinajstić information content (AvgIpc) is 2.66. The zero-order valence-electron chi connectivity index (χ0n) is 18.6. The van der Waals surface area contributed by atoms with E-state index < -0.39 is 7.60 Å². The average molecular weight is 391 g/mol. The minimum atomic E-state index is -3.04. The van der Waals surface area contributed by atoms with Crippen molar-refractivity contribution in [3.63, 3.8) is 0 Å². The molecule has 0 fully saturated rings. The lowest BCUT2D eigenvalue weighted by Crippen LogP contribution is -2.17. The summed E-state index contributed by atoms with van der Waals surface area (Å²) < 4.78 is 25.7. The summed E-state index contributed by atoms with van der Waals surface area (Å²) in [5.74, 6) is 0.986. The molecule has 26 heavy (non-hydrogen) atoms. The van der Waals surface area contributed by atoms with Crippen LogP contribution in [0.25, 0.3) is 0 Å². The van der Waals surface area contributed by atoms with Crippen molar-refractivity contribution in [2.75, 3.05) is 13.2 Å². The molecule has 0 radical (unpaired) electrons. The molecule has 0 amide bonds. The fourth-order valence-corrected chi connectivity index (χ4v) is 5.08. The molecule has 3 atom stereocenters. The van der Waals surface area contributed by atoms with Gasteiger partial charge in [-0.05, 0) is 31.1 Å². The fourth-order valence-electron chi connectivity index (χ4n) is 3.16. The van der Waals surface area contributed by atoms with Crippen LogP contribution >= 0.6 is 7.60 Å². The van der Waals surface area contributed by atoms with Crippen LogP contribution in [0.15, 0.2) is 0 Å². The number of rotatable bonds is 18. The van der Waals surface area contributed by atoms with Crippen molar-refractivity contribution in [3.05, 3.63) is 0 Å². The van der Waals surface area contributed by atoms with Gasteiger partial charge in [-0.15, -0.1) is 0 Å². The van der Waals surface area contributed by atoms with Gasteiger partial charge in [-0.2, -0.15) is 0 Å². The molecule has 0 aliphatic rings. The third-order valence-corrected chi connectivity index (χ3v) is 7.94. The molecule has 0 heterocycles. The van der Waals surface area contributed by atoms with Gasteiger partial charge in [0.15, 0.2) is 0 Å². The van der Waals surface area contributed by atoms with Crippen molar-refractivity contribution < 1.29 is 13.6 Å². The summed E-state index contributed by atoms with van der Waals surface area (Å²) in [6, 6.07) is 0. The van der Waals surface area contributed by atoms with Crippen LogP contribution in [0.5, 0.6) is 0 Å².